The van der Waals surface area contributed by atoms with Crippen molar-refractivity contribution in [2.75, 3.05) is 12.3 Å². The van der Waals surface area contributed by atoms with Crippen molar-refractivity contribution >= 4 is 11.8 Å². The molecule has 15 heavy (non-hydrogen) atoms. The lowest BCUT2D eigenvalue weighted by molar-refractivity contribution is -0.141. The van der Waals surface area contributed by atoms with Crippen molar-refractivity contribution in [3.05, 3.63) is 26.9 Å². The molecular formula is C8H11N3O4. The Balaban J connectivity index is 2.82. The van der Waals surface area contributed by atoms with Crippen molar-refractivity contribution in [3.63, 3.8) is 0 Å². The maximum absolute atomic E-state index is 11.2. The Hall–Kier alpha value is -2.05. The molecule has 82 valence electrons. The van der Waals surface area contributed by atoms with E-state index in [-0.39, 0.29) is 19.0 Å². The van der Waals surface area contributed by atoms with Gasteiger partial charge in [0.05, 0.1) is 6.54 Å². The minimum Gasteiger partial charge on any atom is -0.464 e. The number of nitrogens with zero attached hydrogens (tertiary/aromatic N) is 1. The zero-order chi connectivity index (χ0) is 11.4. The molecule has 0 atom stereocenters. The molecule has 0 spiro atoms. The molecule has 0 radical (unpaired) electrons. The highest BCUT2D eigenvalue weighted by Gasteiger charge is 2.02. The summed E-state index contributed by atoms with van der Waals surface area (Å²) in [7, 11) is 0. The van der Waals surface area contributed by atoms with Crippen molar-refractivity contribution in [2.24, 2.45) is 0 Å². The molecule has 0 bridgehead atoms. The lowest BCUT2D eigenvalue weighted by Gasteiger charge is -2.07. The number of anilines is 1. The van der Waals surface area contributed by atoms with Crippen LogP contribution in [0.4, 0.5) is 5.82 Å². The number of nitrogen functional groups attached to an aromatic ring is 1. The van der Waals surface area contributed by atoms with E-state index in [1.165, 1.54) is 6.92 Å². The molecule has 0 saturated heterocycles. The Labute approximate surface area is 84.5 Å². The van der Waals surface area contributed by atoms with Gasteiger partial charge in [0.1, 0.15) is 12.4 Å². The van der Waals surface area contributed by atoms with E-state index in [0.717, 1.165) is 10.6 Å². The number of rotatable bonds is 3. The highest BCUT2D eigenvalue weighted by atomic mass is 16.5. The van der Waals surface area contributed by atoms with Crippen LogP contribution in [0.1, 0.15) is 6.92 Å². The molecule has 0 aromatic carbocycles. The highest BCUT2D eigenvalue weighted by Crippen LogP contribution is 1.92. The Morgan fingerprint density at radius 2 is 2.27 bits per heavy atom. The fourth-order valence-corrected chi connectivity index (χ4v) is 1.05. The number of aromatic nitrogens is 2. The largest absolute Gasteiger partial charge is 0.464 e. The summed E-state index contributed by atoms with van der Waals surface area (Å²) in [5.74, 6) is -0.401. The van der Waals surface area contributed by atoms with Gasteiger partial charge in [-0.25, -0.2) is 4.79 Å². The van der Waals surface area contributed by atoms with Gasteiger partial charge in [0.2, 0.25) is 0 Å². The number of carbonyl (C=O) groups is 1. The number of esters is 1. The van der Waals surface area contributed by atoms with Gasteiger partial charge in [-0.3, -0.25) is 19.1 Å². The van der Waals surface area contributed by atoms with E-state index >= 15 is 0 Å². The molecule has 0 amide bonds. The van der Waals surface area contributed by atoms with Crippen molar-refractivity contribution in [2.45, 2.75) is 13.5 Å². The molecule has 0 saturated carbocycles. The molecular weight excluding hydrogens is 202 g/mol. The molecule has 0 fully saturated rings. The van der Waals surface area contributed by atoms with Gasteiger partial charge in [-0.15, -0.1) is 0 Å². The Bertz CT molecular complexity index is 474. The second kappa shape index (κ2) is 4.45. The van der Waals surface area contributed by atoms with Crippen LogP contribution in [0.25, 0.3) is 0 Å². The van der Waals surface area contributed by atoms with Gasteiger partial charge in [-0.1, -0.05) is 0 Å². The second-order valence-corrected chi connectivity index (χ2v) is 2.86. The molecule has 0 aliphatic heterocycles. The van der Waals surface area contributed by atoms with Gasteiger partial charge < -0.3 is 10.5 Å². The summed E-state index contributed by atoms with van der Waals surface area (Å²) < 4.78 is 5.76. The molecule has 1 rings (SSSR count). The highest BCUT2D eigenvalue weighted by molar-refractivity contribution is 5.65. The third-order valence-corrected chi connectivity index (χ3v) is 1.69. The Morgan fingerprint density at radius 3 is 2.80 bits per heavy atom. The average molecular weight is 213 g/mol. The summed E-state index contributed by atoms with van der Waals surface area (Å²) >= 11 is 0. The first kappa shape index (κ1) is 11.0. The van der Waals surface area contributed by atoms with Crippen LogP contribution >= 0.6 is 0 Å². The molecule has 0 aliphatic rings. The molecule has 1 heterocycles. The van der Waals surface area contributed by atoms with Gasteiger partial charge in [-0.05, 0) is 0 Å². The van der Waals surface area contributed by atoms with E-state index in [4.69, 9.17) is 5.73 Å². The number of aromatic amines is 1. The van der Waals surface area contributed by atoms with Crippen molar-refractivity contribution in [1.82, 2.24) is 9.55 Å². The van der Waals surface area contributed by atoms with Gasteiger partial charge in [0.15, 0.2) is 0 Å². The number of hydrogen-bond donors (Lipinski definition) is 2. The number of nitrogens with one attached hydrogen (secondary N) is 1. The number of nitrogens with two attached hydrogens (primary N) is 1. The van der Waals surface area contributed by atoms with Crippen molar-refractivity contribution < 1.29 is 9.53 Å². The van der Waals surface area contributed by atoms with E-state index in [0.29, 0.717) is 0 Å². The molecule has 3 N–H and O–H groups in total. The van der Waals surface area contributed by atoms with E-state index < -0.39 is 17.2 Å². The normalized spacial score (nSPS) is 9.93. The minimum atomic E-state index is -0.618. The molecule has 1 aromatic heterocycles. The fourth-order valence-electron chi connectivity index (χ4n) is 1.05. The van der Waals surface area contributed by atoms with Crippen LogP contribution in [-0.4, -0.2) is 22.1 Å². The maximum Gasteiger partial charge on any atom is 0.330 e. The van der Waals surface area contributed by atoms with E-state index in [1.807, 2.05) is 4.98 Å². The maximum atomic E-state index is 11.2. The third kappa shape index (κ3) is 2.97. The molecule has 7 heteroatoms. The lowest BCUT2D eigenvalue weighted by Crippen LogP contribution is -2.32. The number of carbonyl (C=O) groups excluding carboxylic acids is 1. The van der Waals surface area contributed by atoms with Gasteiger partial charge in [-0.2, -0.15) is 0 Å². The summed E-state index contributed by atoms with van der Waals surface area (Å²) in [5.41, 5.74) is 4.27. The number of H-pyrrole nitrogens is 1. The van der Waals surface area contributed by atoms with Gasteiger partial charge in [0, 0.05) is 13.0 Å². The molecule has 0 aliphatic carbocycles. The van der Waals surface area contributed by atoms with Gasteiger partial charge >= 0.3 is 11.7 Å². The number of hydrogen-bond acceptors (Lipinski definition) is 5. The first-order valence-corrected chi connectivity index (χ1v) is 4.23. The smallest absolute Gasteiger partial charge is 0.330 e. The monoisotopic (exact) mass is 213 g/mol. The van der Waals surface area contributed by atoms with Crippen LogP contribution in [0.15, 0.2) is 15.7 Å². The summed E-state index contributed by atoms with van der Waals surface area (Å²) in [4.78, 5) is 34.5. The quantitative estimate of drug-likeness (QED) is 0.605. The van der Waals surface area contributed by atoms with Crippen LogP contribution in [-0.2, 0) is 16.1 Å². The summed E-state index contributed by atoms with van der Waals surface area (Å²) in [6.45, 7) is 1.41. The zero-order valence-corrected chi connectivity index (χ0v) is 8.15. The van der Waals surface area contributed by atoms with E-state index in [9.17, 15) is 14.4 Å². The minimum absolute atomic E-state index is 0.0332. The van der Waals surface area contributed by atoms with Crippen LogP contribution in [0.5, 0.6) is 0 Å². The molecule has 1 aromatic rings. The van der Waals surface area contributed by atoms with E-state index in [1.54, 1.807) is 0 Å². The second-order valence-electron chi connectivity index (χ2n) is 2.86. The van der Waals surface area contributed by atoms with Gasteiger partial charge in [0.25, 0.3) is 5.56 Å². The standard InChI is InChI=1S/C8H11N3O4/c1-5(12)15-3-2-11-6(9)4-7(13)10-8(11)14/h4H,2-3,9H2,1H3,(H,10,13,14). The first-order valence-electron chi connectivity index (χ1n) is 4.23. The predicted molar refractivity (Wildman–Crippen MR) is 52.4 cm³/mol. The predicted octanol–water partition coefficient (Wildman–Crippen LogP) is -1.32. The van der Waals surface area contributed by atoms with E-state index in [2.05, 4.69) is 4.74 Å². The van der Waals surface area contributed by atoms with Crippen LogP contribution in [0.2, 0.25) is 0 Å². The summed E-state index contributed by atoms with van der Waals surface area (Å²) in [6.07, 6.45) is 0. The zero-order valence-electron chi connectivity index (χ0n) is 8.15. The van der Waals surface area contributed by atoms with Crippen LogP contribution in [0.3, 0.4) is 0 Å². The van der Waals surface area contributed by atoms with Crippen molar-refractivity contribution in [3.8, 4) is 0 Å². The van der Waals surface area contributed by atoms with Crippen LogP contribution < -0.4 is 17.0 Å². The molecule has 0 unspecified atom stereocenters. The topological polar surface area (TPSA) is 107 Å². The summed E-state index contributed by atoms with van der Waals surface area (Å²) in [5, 5.41) is 0. The van der Waals surface area contributed by atoms with Crippen molar-refractivity contribution in [1.29, 1.82) is 0 Å². The lowest BCUT2D eigenvalue weighted by atomic mass is 10.5. The Kier molecular flexibility index (Phi) is 3.27. The SMILES string of the molecule is CC(=O)OCCn1c(N)cc(=O)[nH]c1=O. The molecule has 7 nitrogen and oxygen atoms in total. The third-order valence-electron chi connectivity index (χ3n) is 1.69. The average Bonchev–Trinajstić information content (AvgIpc) is 2.08. The van der Waals surface area contributed by atoms with Crippen LogP contribution in [0, 0.1) is 0 Å². The fraction of sp³-hybridized carbons (Fsp3) is 0.375. The first-order chi connectivity index (χ1) is 7.00. The summed E-state index contributed by atoms with van der Waals surface area (Å²) in [6, 6.07) is 1.09. The Morgan fingerprint density at radius 1 is 1.60 bits per heavy atom. The number of ether oxygens (including phenoxy) is 1.